The van der Waals surface area contributed by atoms with E-state index in [1.807, 2.05) is 6.92 Å². The van der Waals surface area contributed by atoms with Crippen molar-refractivity contribution < 1.29 is 5.11 Å². The Labute approximate surface area is 118 Å². The van der Waals surface area contributed by atoms with Crippen LogP contribution in [0.1, 0.15) is 52.9 Å². The SMILES string of the molecule is CCNC(=NCC(C)CO)NC1CCCC(CC)C1. The van der Waals surface area contributed by atoms with Crippen molar-refractivity contribution >= 4 is 5.96 Å². The van der Waals surface area contributed by atoms with Gasteiger partial charge in [-0.1, -0.05) is 33.1 Å². The minimum absolute atomic E-state index is 0.199. The van der Waals surface area contributed by atoms with Crippen molar-refractivity contribution in [3.63, 3.8) is 0 Å². The number of nitrogens with zero attached hydrogens (tertiary/aromatic N) is 1. The second-order valence-corrected chi connectivity index (χ2v) is 5.79. The maximum absolute atomic E-state index is 9.06. The molecule has 1 fully saturated rings. The Kier molecular flexibility index (Phi) is 7.87. The van der Waals surface area contributed by atoms with Crippen molar-refractivity contribution in [1.82, 2.24) is 10.6 Å². The molecule has 112 valence electrons. The van der Waals surface area contributed by atoms with Crippen LogP contribution in [0, 0.1) is 11.8 Å². The van der Waals surface area contributed by atoms with Gasteiger partial charge in [-0.15, -0.1) is 0 Å². The minimum atomic E-state index is 0.199. The summed E-state index contributed by atoms with van der Waals surface area (Å²) in [6.45, 7) is 8.14. The molecule has 0 saturated heterocycles. The van der Waals surface area contributed by atoms with Crippen molar-refractivity contribution in [3.8, 4) is 0 Å². The van der Waals surface area contributed by atoms with E-state index in [0.29, 0.717) is 12.6 Å². The van der Waals surface area contributed by atoms with E-state index in [1.54, 1.807) is 0 Å². The molecule has 3 N–H and O–H groups in total. The molecular formula is C15H31N3O. The van der Waals surface area contributed by atoms with E-state index in [0.717, 1.165) is 18.4 Å². The van der Waals surface area contributed by atoms with Crippen LogP contribution in [-0.4, -0.2) is 36.8 Å². The number of aliphatic imine (C=N–C) groups is 1. The highest BCUT2D eigenvalue weighted by Gasteiger charge is 2.21. The van der Waals surface area contributed by atoms with Crippen LogP contribution in [0.3, 0.4) is 0 Å². The van der Waals surface area contributed by atoms with E-state index in [4.69, 9.17) is 5.11 Å². The summed E-state index contributed by atoms with van der Waals surface area (Å²) in [4.78, 5) is 4.56. The Morgan fingerprint density at radius 1 is 1.37 bits per heavy atom. The summed E-state index contributed by atoms with van der Waals surface area (Å²) in [5, 5.41) is 15.9. The molecule has 1 aliphatic rings. The van der Waals surface area contributed by atoms with Gasteiger partial charge in [-0.3, -0.25) is 4.99 Å². The predicted molar refractivity (Wildman–Crippen MR) is 81.4 cm³/mol. The lowest BCUT2D eigenvalue weighted by Crippen LogP contribution is -2.45. The van der Waals surface area contributed by atoms with Gasteiger partial charge in [-0.05, 0) is 31.6 Å². The summed E-state index contributed by atoms with van der Waals surface area (Å²) in [5.74, 6) is 2.00. The first-order valence-corrected chi connectivity index (χ1v) is 7.85. The first-order chi connectivity index (χ1) is 9.19. The van der Waals surface area contributed by atoms with E-state index in [2.05, 4.69) is 29.5 Å². The molecule has 0 aromatic heterocycles. The number of hydrogen-bond acceptors (Lipinski definition) is 2. The van der Waals surface area contributed by atoms with Crippen LogP contribution in [0.5, 0.6) is 0 Å². The average molecular weight is 269 g/mol. The van der Waals surface area contributed by atoms with Crippen molar-refractivity contribution in [3.05, 3.63) is 0 Å². The third-order valence-electron chi connectivity index (χ3n) is 3.92. The first kappa shape index (κ1) is 16.3. The molecule has 3 unspecified atom stereocenters. The number of hydrogen-bond donors (Lipinski definition) is 3. The van der Waals surface area contributed by atoms with Gasteiger partial charge in [-0.25, -0.2) is 0 Å². The fourth-order valence-electron chi connectivity index (χ4n) is 2.61. The summed E-state index contributed by atoms with van der Waals surface area (Å²) < 4.78 is 0. The molecule has 4 nitrogen and oxygen atoms in total. The highest BCUT2D eigenvalue weighted by atomic mass is 16.3. The van der Waals surface area contributed by atoms with E-state index < -0.39 is 0 Å². The van der Waals surface area contributed by atoms with E-state index >= 15 is 0 Å². The zero-order valence-electron chi connectivity index (χ0n) is 12.8. The quantitative estimate of drug-likeness (QED) is 0.511. The standard InChI is InChI=1S/C15H31N3O/c1-4-13-7-6-8-14(9-13)18-15(16-5-2)17-10-12(3)11-19/h12-14,19H,4-11H2,1-3H3,(H2,16,17,18). The summed E-state index contributed by atoms with van der Waals surface area (Å²) in [6, 6.07) is 0.556. The number of aliphatic hydroxyl groups excluding tert-OH is 1. The second-order valence-electron chi connectivity index (χ2n) is 5.79. The highest BCUT2D eigenvalue weighted by Crippen LogP contribution is 2.26. The maximum Gasteiger partial charge on any atom is 0.191 e. The van der Waals surface area contributed by atoms with Gasteiger partial charge in [0.1, 0.15) is 0 Å². The van der Waals surface area contributed by atoms with Crippen molar-refractivity contribution in [2.75, 3.05) is 19.7 Å². The molecule has 4 heteroatoms. The zero-order chi connectivity index (χ0) is 14.1. The lowest BCUT2D eigenvalue weighted by molar-refractivity contribution is 0.241. The van der Waals surface area contributed by atoms with Gasteiger partial charge in [0.15, 0.2) is 5.96 Å². The van der Waals surface area contributed by atoms with Gasteiger partial charge in [0.2, 0.25) is 0 Å². The number of aliphatic hydroxyl groups is 1. The van der Waals surface area contributed by atoms with Gasteiger partial charge in [0.25, 0.3) is 0 Å². The number of rotatable bonds is 6. The van der Waals surface area contributed by atoms with Crippen LogP contribution in [-0.2, 0) is 0 Å². The van der Waals surface area contributed by atoms with Crippen LogP contribution >= 0.6 is 0 Å². The predicted octanol–water partition coefficient (Wildman–Crippen LogP) is 2.14. The summed E-state index contributed by atoms with van der Waals surface area (Å²) in [6.07, 6.45) is 6.49. The van der Waals surface area contributed by atoms with E-state index in [-0.39, 0.29) is 12.5 Å². The van der Waals surface area contributed by atoms with Crippen LogP contribution in [0.15, 0.2) is 4.99 Å². The molecule has 0 heterocycles. The molecule has 0 spiro atoms. The topological polar surface area (TPSA) is 56.7 Å². The lowest BCUT2D eigenvalue weighted by atomic mass is 9.84. The third kappa shape index (κ3) is 6.28. The van der Waals surface area contributed by atoms with Crippen LogP contribution in [0.2, 0.25) is 0 Å². The zero-order valence-corrected chi connectivity index (χ0v) is 12.8. The van der Waals surface area contributed by atoms with Crippen LogP contribution in [0.25, 0.3) is 0 Å². The molecule has 3 atom stereocenters. The number of guanidine groups is 1. The second kappa shape index (κ2) is 9.18. The molecule has 1 rings (SSSR count). The first-order valence-electron chi connectivity index (χ1n) is 7.85. The average Bonchev–Trinajstić information content (AvgIpc) is 2.44. The van der Waals surface area contributed by atoms with Gasteiger partial charge in [0, 0.05) is 25.7 Å². The fourth-order valence-corrected chi connectivity index (χ4v) is 2.61. The van der Waals surface area contributed by atoms with Gasteiger partial charge >= 0.3 is 0 Å². The molecule has 0 amide bonds. The van der Waals surface area contributed by atoms with Gasteiger partial charge in [0.05, 0.1) is 0 Å². The Balaban J connectivity index is 2.47. The lowest BCUT2D eigenvalue weighted by Gasteiger charge is -2.30. The van der Waals surface area contributed by atoms with Gasteiger partial charge in [-0.2, -0.15) is 0 Å². The molecule has 0 aromatic carbocycles. The van der Waals surface area contributed by atoms with Crippen molar-refractivity contribution in [2.45, 2.75) is 58.9 Å². The van der Waals surface area contributed by atoms with Crippen LogP contribution < -0.4 is 10.6 Å². The van der Waals surface area contributed by atoms with E-state index in [9.17, 15) is 0 Å². The minimum Gasteiger partial charge on any atom is -0.396 e. The fraction of sp³-hybridized carbons (Fsp3) is 0.933. The number of nitrogens with one attached hydrogen (secondary N) is 2. The molecule has 0 aliphatic heterocycles. The molecular weight excluding hydrogens is 238 g/mol. The van der Waals surface area contributed by atoms with Gasteiger partial charge < -0.3 is 15.7 Å². The van der Waals surface area contributed by atoms with Crippen molar-refractivity contribution in [1.29, 1.82) is 0 Å². The summed E-state index contributed by atoms with van der Waals surface area (Å²) >= 11 is 0. The summed E-state index contributed by atoms with van der Waals surface area (Å²) in [7, 11) is 0. The molecule has 0 radical (unpaired) electrons. The highest BCUT2D eigenvalue weighted by molar-refractivity contribution is 5.80. The Bertz CT molecular complexity index is 268. The Morgan fingerprint density at radius 2 is 2.16 bits per heavy atom. The molecule has 1 aliphatic carbocycles. The molecule has 19 heavy (non-hydrogen) atoms. The third-order valence-corrected chi connectivity index (χ3v) is 3.92. The Hall–Kier alpha value is -0.770. The molecule has 0 bridgehead atoms. The monoisotopic (exact) mass is 269 g/mol. The van der Waals surface area contributed by atoms with Crippen molar-refractivity contribution in [2.24, 2.45) is 16.8 Å². The maximum atomic E-state index is 9.06. The smallest absolute Gasteiger partial charge is 0.191 e. The van der Waals surface area contributed by atoms with Crippen LogP contribution in [0.4, 0.5) is 0 Å². The Morgan fingerprint density at radius 3 is 2.79 bits per heavy atom. The normalized spacial score (nSPS) is 26.0. The molecule has 0 aromatic rings. The largest absolute Gasteiger partial charge is 0.396 e. The summed E-state index contributed by atoms with van der Waals surface area (Å²) in [5.41, 5.74) is 0. The molecule has 1 saturated carbocycles. The van der Waals surface area contributed by atoms with E-state index in [1.165, 1.54) is 32.1 Å².